The Labute approximate surface area is 116 Å². The Balaban J connectivity index is 0. The summed E-state index contributed by atoms with van der Waals surface area (Å²) in [5.41, 5.74) is -0.243. The Bertz CT molecular complexity index is 439. The van der Waals surface area contributed by atoms with Crippen molar-refractivity contribution in [1.29, 1.82) is 0 Å². The van der Waals surface area contributed by atoms with Crippen molar-refractivity contribution in [2.45, 2.75) is 46.6 Å². The van der Waals surface area contributed by atoms with Gasteiger partial charge in [0, 0.05) is 16.2 Å². The Hall–Kier alpha value is 0.150. The zero-order chi connectivity index (χ0) is 15.4. The molecule has 0 aromatic carbocycles. The van der Waals surface area contributed by atoms with E-state index in [9.17, 15) is 16.8 Å². The number of nitrogens with one attached hydrogen (secondary N) is 1. The minimum absolute atomic E-state index is 0.126. The molecule has 18 heavy (non-hydrogen) atoms. The van der Waals surface area contributed by atoms with Crippen LogP contribution < -0.4 is 4.72 Å². The van der Waals surface area contributed by atoms with E-state index in [4.69, 9.17) is 0 Å². The van der Waals surface area contributed by atoms with Gasteiger partial charge in [0.2, 0.25) is 19.1 Å². The Morgan fingerprint density at radius 2 is 1.22 bits per heavy atom. The lowest BCUT2D eigenvalue weighted by Crippen LogP contribution is -2.45. The minimum atomic E-state index is -3.19. The third kappa shape index (κ3) is 25.1. The van der Waals surface area contributed by atoms with E-state index in [0.29, 0.717) is 0 Å². The summed E-state index contributed by atoms with van der Waals surface area (Å²) in [6.45, 7) is 10.1. The van der Waals surface area contributed by atoms with Crippen molar-refractivity contribution in [3.05, 3.63) is 0 Å². The van der Waals surface area contributed by atoms with E-state index in [1.54, 1.807) is 0 Å². The highest BCUT2D eigenvalue weighted by Crippen LogP contribution is 2.26. The number of sulfonamides is 1. The van der Waals surface area contributed by atoms with E-state index in [0.717, 1.165) is 12.7 Å². The molecule has 0 fully saturated rings. The molecule has 0 aromatic rings. The summed E-state index contributed by atoms with van der Waals surface area (Å²) in [7, 11) is -1.80. The number of halogens is 1. The average Bonchev–Trinajstić information content (AvgIpc) is 1.64. The molecule has 5 nitrogen and oxygen atoms in total. The second-order valence-electron chi connectivity index (χ2n) is 6.18. The van der Waals surface area contributed by atoms with Gasteiger partial charge < -0.3 is 0 Å². The lowest BCUT2D eigenvalue weighted by atomic mass is 9.82. The molecule has 0 saturated heterocycles. The molecule has 0 bridgehead atoms. The van der Waals surface area contributed by atoms with Crippen LogP contribution in [0.3, 0.4) is 0 Å². The summed E-state index contributed by atoms with van der Waals surface area (Å²) in [5.74, 6) is 0. The van der Waals surface area contributed by atoms with Crippen LogP contribution >= 0.6 is 10.7 Å². The SMILES string of the molecule is CC(C)(C)CC(C)(C)NS(C)(=O)=O.CS(=O)(=O)Cl. The standard InChI is InChI=1S/C9H21NO2S.CH3ClO2S/c1-8(2,3)7-9(4,5)10-13(6,11)12;1-5(2,3)4/h10H,7H2,1-6H3;1H3. The maximum absolute atomic E-state index is 11.0. The molecule has 0 heterocycles. The normalized spacial score (nSPS) is 13.8. The van der Waals surface area contributed by atoms with Gasteiger partial charge in [0.25, 0.3) is 0 Å². The first kappa shape index (κ1) is 20.5. The molecule has 0 rings (SSSR count). The quantitative estimate of drug-likeness (QED) is 0.805. The first-order valence-electron chi connectivity index (χ1n) is 5.30. The maximum atomic E-state index is 11.0. The summed E-state index contributed by atoms with van der Waals surface area (Å²) in [4.78, 5) is 0. The molecule has 8 heteroatoms. The second-order valence-corrected chi connectivity index (χ2v) is 11.0. The molecule has 0 aliphatic carbocycles. The topological polar surface area (TPSA) is 80.3 Å². The summed E-state index contributed by atoms with van der Waals surface area (Å²) in [6, 6.07) is 0. The smallest absolute Gasteiger partial charge is 0.213 e. The Morgan fingerprint density at radius 3 is 1.39 bits per heavy atom. The summed E-state index contributed by atoms with van der Waals surface area (Å²) in [5, 5.41) is 0. The van der Waals surface area contributed by atoms with Gasteiger partial charge in [0.05, 0.1) is 12.5 Å². The zero-order valence-electron chi connectivity index (χ0n) is 12.0. The molecule has 0 amide bonds. The van der Waals surface area contributed by atoms with Crippen molar-refractivity contribution in [3.63, 3.8) is 0 Å². The molecule has 0 atom stereocenters. The highest BCUT2D eigenvalue weighted by atomic mass is 35.7. The van der Waals surface area contributed by atoms with E-state index < -0.39 is 19.1 Å². The third-order valence-corrected chi connectivity index (χ3v) is 2.36. The second kappa shape index (κ2) is 6.54. The highest BCUT2D eigenvalue weighted by molar-refractivity contribution is 8.13. The van der Waals surface area contributed by atoms with E-state index in [-0.39, 0.29) is 11.0 Å². The monoisotopic (exact) mass is 321 g/mol. The fraction of sp³-hybridized carbons (Fsp3) is 1.00. The van der Waals surface area contributed by atoms with Crippen LogP contribution in [0.4, 0.5) is 0 Å². The molecular formula is C10H24ClNO4S2. The van der Waals surface area contributed by atoms with Gasteiger partial charge in [-0.2, -0.15) is 0 Å². The molecule has 0 radical (unpaired) electrons. The Kier molecular flexibility index (Phi) is 7.44. The first-order valence-corrected chi connectivity index (χ1v) is 9.91. The molecule has 0 spiro atoms. The van der Waals surface area contributed by atoms with Crippen LogP contribution in [0.15, 0.2) is 0 Å². The molecule has 1 N–H and O–H groups in total. The number of rotatable bonds is 3. The number of hydrogen-bond acceptors (Lipinski definition) is 4. The molecule has 0 saturated carbocycles. The van der Waals surface area contributed by atoms with Crippen LogP contribution in [-0.4, -0.2) is 34.9 Å². The van der Waals surface area contributed by atoms with E-state index in [2.05, 4.69) is 36.2 Å². The lowest BCUT2D eigenvalue weighted by molar-refractivity contribution is 0.270. The summed E-state index contributed by atoms with van der Waals surface area (Å²) in [6.07, 6.45) is 2.93. The van der Waals surface area contributed by atoms with E-state index in [1.807, 2.05) is 13.8 Å². The fourth-order valence-electron chi connectivity index (χ4n) is 1.86. The molecule has 0 aliphatic rings. The van der Waals surface area contributed by atoms with Crippen LogP contribution in [0, 0.1) is 5.41 Å². The van der Waals surface area contributed by atoms with Crippen LogP contribution in [-0.2, 0) is 19.1 Å². The van der Waals surface area contributed by atoms with Crippen molar-refractivity contribution in [2.24, 2.45) is 5.41 Å². The van der Waals surface area contributed by atoms with Crippen LogP contribution in [0.2, 0.25) is 0 Å². The third-order valence-electron chi connectivity index (χ3n) is 1.43. The van der Waals surface area contributed by atoms with Gasteiger partial charge in [-0.15, -0.1) is 0 Å². The van der Waals surface area contributed by atoms with Gasteiger partial charge in [-0.3, -0.25) is 0 Å². The van der Waals surface area contributed by atoms with Crippen molar-refractivity contribution in [1.82, 2.24) is 4.72 Å². The van der Waals surface area contributed by atoms with Crippen molar-refractivity contribution < 1.29 is 16.8 Å². The van der Waals surface area contributed by atoms with Gasteiger partial charge in [-0.1, -0.05) is 20.8 Å². The van der Waals surface area contributed by atoms with Crippen molar-refractivity contribution >= 4 is 29.8 Å². The minimum Gasteiger partial charge on any atom is -0.213 e. The van der Waals surface area contributed by atoms with Crippen LogP contribution in [0.25, 0.3) is 0 Å². The van der Waals surface area contributed by atoms with Crippen molar-refractivity contribution in [2.75, 3.05) is 12.5 Å². The lowest BCUT2D eigenvalue weighted by Gasteiger charge is -2.32. The molecule has 0 unspecified atom stereocenters. The number of hydrogen-bond donors (Lipinski definition) is 1. The van der Waals surface area contributed by atoms with Gasteiger partial charge in [-0.05, 0) is 25.7 Å². The van der Waals surface area contributed by atoms with Crippen molar-refractivity contribution in [3.8, 4) is 0 Å². The van der Waals surface area contributed by atoms with Crippen LogP contribution in [0.5, 0.6) is 0 Å². The van der Waals surface area contributed by atoms with E-state index in [1.165, 1.54) is 6.26 Å². The van der Waals surface area contributed by atoms with Gasteiger partial charge in [0.1, 0.15) is 0 Å². The predicted octanol–water partition coefficient (Wildman–Crippen LogP) is 1.94. The zero-order valence-corrected chi connectivity index (χ0v) is 14.4. The summed E-state index contributed by atoms with van der Waals surface area (Å²) >= 11 is 0. The molecule has 0 aromatic heterocycles. The van der Waals surface area contributed by atoms with Gasteiger partial charge >= 0.3 is 0 Å². The van der Waals surface area contributed by atoms with Crippen LogP contribution in [0.1, 0.15) is 41.0 Å². The first-order chi connectivity index (χ1) is 7.41. The van der Waals surface area contributed by atoms with E-state index >= 15 is 0 Å². The molecular weight excluding hydrogens is 298 g/mol. The molecule has 0 aliphatic heterocycles. The maximum Gasteiger partial charge on any atom is 0.229 e. The van der Waals surface area contributed by atoms with Gasteiger partial charge in [0.15, 0.2) is 0 Å². The largest absolute Gasteiger partial charge is 0.229 e. The summed E-state index contributed by atoms with van der Waals surface area (Å²) < 4.78 is 43.5. The van der Waals surface area contributed by atoms with Gasteiger partial charge in [-0.25, -0.2) is 21.6 Å². The Morgan fingerprint density at radius 1 is 0.944 bits per heavy atom. The highest BCUT2D eigenvalue weighted by Gasteiger charge is 2.27. The molecule has 112 valence electrons. The average molecular weight is 322 g/mol. The fourth-order valence-corrected chi connectivity index (χ4v) is 2.94. The predicted molar refractivity (Wildman–Crippen MR) is 76.8 cm³/mol.